The van der Waals surface area contributed by atoms with Crippen LogP contribution in [0, 0.1) is 17.8 Å². The lowest BCUT2D eigenvalue weighted by Crippen LogP contribution is -2.27. The Kier molecular flexibility index (Phi) is 6.31. The molecule has 1 rings (SSSR count). The fourth-order valence-electron chi connectivity index (χ4n) is 3.09. The summed E-state index contributed by atoms with van der Waals surface area (Å²) in [5, 5.41) is 3.39. The quantitative estimate of drug-likeness (QED) is 0.681. The highest BCUT2D eigenvalue weighted by Crippen LogP contribution is 2.32. The summed E-state index contributed by atoms with van der Waals surface area (Å²) in [5.74, 6) is 2.78. The first kappa shape index (κ1) is 13.0. The molecular weight excluding hydrogens is 182 g/mol. The molecule has 90 valence electrons. The Morgan fingerprint density at radius 3 is 2.13 bits per heavy atom. The van der Waals surface area contributed by atoms with Gasteiger partial charge in [0.1, 0.15) is 0 Å². The van der Waals surface area contributed by atoms with Crippen molar-refractivity contribution in [3.05, 3.63) is 0 Å². The number of hydrogen-bond donors (Lipinski definition) is 1. The van der Waals surface area contributed by atoms with E-state index >= 15 is 0 Å². The highest BCUT2D eigenvalue weighted by Gasteiger charge is 2.22. The standard InChI is InChI=1S/C14H29N/c1-12(2)10-14(11-15-3)13-8-6-4-5-7-9-13/h12-15H,4-11H2,1-3H3. The van der Waals surface area contributed by atoms with Gasteiger partial charge in [-0.2, -0.15) is 0 Å². The predicted octanol–water partition coefficient (Wildman–Crippen LogP) is 3.84. The zero-order valence-electron chi connectivity index (χ0n) is 10.9. The van der Waals surface area contributed by atoms with Gasteiger partial charge >= 0.3 is 0 Å². The average molecular weight is 211 g/mol. The third-order valence-corrected chi connectivity index (χ3v) is 3.81. The molecule has 0 spiro atoms. The van der Waals surface area contributed by atoms with Gasteiger partial charge in [0.25, 0.3) is 0 Å². The van der Waals surface area contributed by atoms with Crippen LogP contribution < -0.4 is 5.32 Å². The summed E-state index contributed by atoms with van der Waals surface area (Å²) in [6, 6.07) is 0. The predicted molar refractivity (Wildman–Crippen MR) is 68.1 cm³/mol. The Morgan fingerprint density at radius 1 is 1.07 bits per heavy atom. The van der Waals surface area contributed by atoms with Crippen LogP contribution in [0.25, 0.3) is 0 Å². The van der Waals surface area contributed by atoms with Crippen LogP contribution in [0.2, 0.25) is 0 Å². The van der Waals surface area contributed by atoms with E-state index in [0.29, 0.717) is 0 Å². The lowest BCUT2D eigenvalue weighted by molar-refractivity contribution is 0.251. The Bertz CT molecular complexity index is 145. The third-order valence-electron chi connectivity index (χ3n) is 3.81. The Balaban J connectivity index is 2.44. The second kappa shape index (κ2) is 7.27. The normalized spacial score (nSPS) is 21.6. The van der Waals surface area contributed by atoms with Gasteiger partial charge in [0.2, 0.25) is 0 Å². The summed E-state index contributed by atoms with van der Waals surface area (Å²) in [7, 11) is 2.10. The zero-order valence-corrected chi connectivity index (χ0v) is 10.9. The molecule has 1 saturated carbocycles. The molecule has 0 saturated heterocycles. The lowest BCUT2D eigenvalue weighted by Gasteiger charge is -2.27. The highest BCUT2D eigenvalue weighted by molar-refractivity contribution is 4.75. The van der Waals surface area contributed by atoms with Crippen molar-refractivity contribution in [1.82, 2.24) is 5.32 Å². The van der Waals surface area contributed by atoms with Crippen LogP contribution in [0.5, 0.6) is 0 Å². The molecule has 0 amide bonds. The van der Waals surface area contributed by atoms with Crippen LogP contribution in [0.1, 0.15) is 58.8 Å². The van der Waals surface area contributed by atoms with E-state index in [2.05, 4.69) is 26.2 Å². The molecule has 0 heterocycles. The molecule has 0 radical (unpaired) electrons. The molecule has 15 heavy (non-hydrogen) atoms. The first-order valence-electron chi connectivity index (χ1n) is 6.88. The van der Waals surface area contributed by atoms with Crippen LogP contribution in [-0.2, 0) is 0 Å². The Hall–Kier alpha value is -0.0400. The van der Waals surface area contributed by atoms with Gasteiger partial charge in [0.15, 0.2) is 0 Å². The smallest absolute Gasteiger partial charge is 0.00208 e. The van der Waals surface area contributed by atoms with Crippen molar-refractivity contribution in [3.8, 4) is 0 Å². The first-order chi connectivity index (χ1) is 7.24. The average Bonchev–Trinajstić information content (AvgIpc) is 2.44. The number of nitrogens with one attached hydrogen (secondary N) is 1. The van der Waals surface area contributed by atoms with E-state index in [-0.39, 0.29) is 0 Å². The van der Waals surface area contributed by atoms with Gasteiger partial charge in [0.05, 0.1) is 0 Å². The van der Waals surface area contributed by atoms with E-state index in [1.165, 1.54) is 51.5 Å². The molecule has 0 bridgehead atoms. The van der Waals surface area contributed by atoms with Crippen molar-refractivity contribution < 1.29 is 0 Å². The second-order valence-electron chi connectivity index (χ2n) is 5.70. The van der Waals surface area contributed by atoms with Crippen molar-refractivity contribution in [2.24, 2.45) is 17.8 Å². The number of rotatable bonds is 5. The van der Waals surface area contributed by atoms with E-state index in [1.807, 2.05) is 0 Å². The van der Waals surface area contributed by atoms with E-state index in [1.54, 1.807) is 0 Å². The van der Waals surface area contributed by atoms with Crippen LogP contribution in [-0.4, -0.2) is 13.6 Å². The minimum Gasteiger partial charge on any atom is -0.319 e. The summed E-state index contributed by atoms with van der Waals surface area (Å²) in [5.41, 5.74) is 0. The van der Waals surface area contributed by atoms with Crippen LogP contribution in [0.15, 0.2) is 0 Å². The summed E-state index contributed by atoms with van der Waals surface area (Å²) in [6.07, 6.45) is 10.3. The van der Waals surface area contributed by atoms with Crippen molar-refractivity contribution in [2.75, 3.05) is 13.6 Å². The molecule has 1 heteroatoms. The summed E-state index contributed by atoms with van der Waals surface area (Å²) in [4.78, 5) is 0. The number of hydrogen-bond acceptors (Lipinski definition) is 1. The van der Waals surface area contributed by atoms with E-state index < -0.39 is 0 Å². The van der Waals surface area contributed by atoms with Gasteiger partial charge in [-0.25, -0.2) is 0 Å². The van der Waals surface area contributed by atoms with E-state index in [9.17, 15) is 0 Å². The molecule has 1 atom stereocenters. The van der Waals surface area contributed by atoms with Gasteiger partial charge in [-0.05, 0) is 37.8 Å². The molecule has 0 aromatic heterocycles. The topological polar surface area (TPSA) is 12.0 Å². The molecule has 0 aromatic carbocycles. The fourth-order valence-corrected chi connectivity index (χ4v) is 3.09. The van der Waals surface area contributed by atoms with Crippen molar-refractivity contribution in [1.29, 1.82) is 0 Å². The third kappa shape index (κ3) is 5.01. The van der Waals surface area contributed by atoms with Crippen molar-refractivity contribution in [3.63, 3.8) is 0 Å². The molecule has 1 aliphatic carbocycles. The maximum Gasteiger partial charge on any atom is -0.00208 e. The molecular formula is C14H29N. The van der Waals surface area contributed by atoms with Crippen molar-refractivity contribution in [2.45, 2.75) is 58.8 Å². The van der Waals surface area contributed by atoms with Crippen LogP contribution in [0.4, 0.5) is 0 Å². The summed E-state index contributed by atoms with van der Waals surface area (Å²) in [6.45, 7) is 5.95. The Labute approximate surface area is 96.0 Å². The molecule has 1 nitrogen and oxygen atoms in total. The van der Waals surface area contributed by atoms with Crippen LogP contribution in [0.3, 0.4) is 0 Å². The largest absolute Gasteiger partial charge is 0.319 e. The lowest BCUT2D eigenvalue weighted by atomic mass is 9.81. The monoisotopic (exact) mass is 211 g/mol. The molecule has 0 aliphatic heterocycles. The van der Waals surface area contributed by atoms with Gasteiger partial charge < -0.3 is 5.32 Å². The molecule has 1 fully saturated rings. The maximum atomic E-state index is 3.39. The SMILES string of the molecule is CNCC(CC(C)C)C1CCCCCC1. The Morgan fingerprint density at radius 2 is 1.67 bits per heavy atom. The van der Waals surface area contributed by atoms with Crippen molar-refractivity contribution >= 4 is 0 Å². The molecule has 1 aliphatic rings. The highest BCUT2D eigenvalue weighted by atomic mass is 14.8. The minimum atomic E-state index is 0.853. The summed E-state index contributed by atoms with van der Waals surface area (Å²) >= 11 is 0. The van der Waals surface area contributed by atoms with Gasteiger partial charge in [0, 0.05) is 0 Å². The summed E-state index contributed by atoms with van der Waals surface area (Å²) < 4.78 is 0. The zero-order chi connectivity index (χ0) is 11.1. The van der Waals surface area contributed by atoms with Gasteiger partial charge in [-0.1, -0.05) is 52.4 Å². The van der Waals surface area contributed by atoms with Gasteiger partial charge in [-0.3, -0.25) is 0 Å². The van der Waals surface area contributed by atoms with E-state index in [0.717, 1.165) is 17.8 Å². The second-order valence-corrected chi connectivity index (χ2v) is 5.70. The molecule has 0 aromatic rings. The minimum absolute atomic E-state index is 0.853. The fraction of sp³-hybridized carbons (Fsp3) is 1.00. The van der Waals surface area contributed by atoms with Gasteiger partial charge in [-0.15, -0.1) is 0 Å². The first-order valence-corrected chi connectivity index (χ1v) is 6.88. The van der Waals surface area contributed by atoms with E-state index in [4.69, 9.17) is 0 Å². The molecule has 1 N–H and O–H groups in total. The van der Waals surface area contributed by atoms with Crippen LogP contribution >= 0.6 is 0 Å². The maximum absolute atomic E-state index is 3.39. The molecule has 1 unspecified atom stereocenters.